The van der Waals surface area contributed by atoms with Crippen molar-refractivity contribution in [3.63, 3.8) is 0 Å². The van der Waals surface area contributed by atoms with Crippen LogP contribution in [0.15, 0.2) is 54.6 Å². The Morgan fingerprint density at radius 1 is 1.19 bits per heavy atom. The molecule has 0 amide bonds. The highest BCUT2D eigenvalue weighted by molar-refractivity contribution is 6.04. The third kappa shape index (κ3) is 4.19. The molecular formula is C19H22O2. The van der Waals surface area contributed by atoms with Gasteiger partial charge >= 0.3 is 5.97 Å². The topological polar surface area (TPSA) is 26.3 Å². The first-order valence-corrected chi connectivity index (χ1v) is 7.57. The van der Waals surface area contributed by atoms with E-state index in [1.54, 1.807) is 0 Å². The zero-order chi connectivity index (χ0) is 15.1. The van der Waals surface area contributed by atoms with Gasteiger partial charge in [-0.3, -0.25) is 0 Å². The van der Waals surface area contributed by atoms with Crippen LogP contribution in [0, 0.1) is 0 Å². The molecule has 2 aromatic rings. The monoisotopic (exact) mass is 282 g/mol. The van der Waals surface area contributed by atoms with E-state index in [0.717, 1.165) is 17.2 Å². The summed E-state index contributed by atoms with van der Waals surface area (Å²) in [6.07, 6.45) is 7.22. The van der Waals surface area contributed by atoms with Gasteiger partial charge in [-0.1, -0.05) is 62.2 Å². The Hall–Kier alpha value is -2.09. The van der Waals surface area contributed by atoms with Crippen LogP contribution in [-0.4, -0.2) is 12.1 Å². The zero-order valence-electron chi connectivity index (χ0n) is 12.7. The molecule has 2 rings (SSSR count). The molecule has 2 aromatic carbocycles. The Labute approximate surface area is 126 Å². The molecule has 0 saturated carbocycles. The number of hydrogen-bond donors (Lipinski definition) is 0. The average molecular weight is 282 g/mol. The van der Waals surface area contributed by atoms with Gasteiger partial charge in [0.25, 0.3) is 0 Å². The molecule has 0 N–H and O–H groups in total. The fourth-order valence-corrected chi connectivity index (χ4v) is 2.28. The van der Waals surface area contributed by atoms with Crippen LogP contribution < -0.4 is 0 Å². The number of hydrogen-bond acceptors (Lipinski definition) is 2. The molecule has 1 atom stereocenters. The van der Waals surface area contributed by atoms with Crippen molar-refractivity contribution in [2.75, 3.05) is 0 Å². The van der Waals surface area contributed by atoms with Crippen molar-refractivity contribution in [1.82, 2.24) is 0 Å². The number of rotatable bonds is 6. The van der Waals surface area contributed by atoms with Crippen molar-refractivity contribution in [1.29, 1.82) is 0 Å². The molecule has 1 unspecified atom stereocenters. The van der Waals surface area contributed by atoms with Gasteiger partial charge in [0.1, 0.15) is 6.10 Å². The summed E-state index contributed by atoms with van der Waals surface area (Å²) < 4.78 is 5.50. The summed E-state index contributed by atoms with van der Waals surface area (Å²) in [5.74, 6) is -0.264. The van der Waals surface area contributed by atoms with Crippen LogP contribution in [0.4, 0.5) is 0 Å². The number of ether oxygens (including phenoxy) is 1. The molecule has 0 aliphatic rings. The number of carbonyl (C=O) groups is 1. The van der Waals surface area contributed by atoms with E-state index in [9.17, 15) is 4.79 Å². The first kappa shape index (κ1) is 15.3. The summed E-state index contributed by atoms with van der Waals surface area (Å²) in [4.78, 5) is 12.3. The molecule has 0 fully saturated rings. The quantitative estimate of drug-likeness (QED) is 0.417. The van der Waals surface area contributed by atoms with Gasteiger partial charge in [-0.25, -0.2) is 4.79 Å². The summed E-state index contributed by atoms with van der Waals surface area (Å²) in [7, 11) is 0. The lowest BCUT2D eigenvalue weighted by Crippen LogP contribution is -2.13. The molecule has 110 valence electrons. The van der Waals surface area contributed by atoms with Crippen LogP contribution in [0.1, 0.15) is 43.5 Å². The van der Waals surface area contributed by atoms with Crippen molar-refractivity contribution < 1.29 is 9.53 Å². The van der Waals surface area contributed by atoms with Gasteiger partial charge < -0.3 is 4.74 Å². The van der Waals surface area contributed by atoms with Crippen LogP contribution in [0.2, 0.25) is 0 Å². The molecule has 0 aliphatic heterocycles. The van der Waals surface area contributed by atoms with Crippen LogP contribution in [0.5, 0.6) is 0 Å². The van der Waals surface area contributed by atoms with Crippen LogP contribution in [-0.2, 0) is 4.74 Å². The highest BCUT2D eigenvalue weighted by Gasteiger charge is 2.12. The molecular weight excluding hydrogens is 260 g/mol. The third-order valence-electron chi connectivity index (χ3n) is 3.43. The van der Waals surface area contributed by atoms with E-state index in [1.165, 1.54) is 12.8 Å². The van der Waals surface area contributed by atoms with Crippen LogP contribution in [0.3, 0.4) is 0 Å². The van der Waals surface area contributed by atoms with Gasteiger partial charge in [-0.05, 0) is 36.3 Å². The summed E-state index contributed by atoms with van der Waals surface area (Å²) >= 11 is 0. The van der Waals surface area contributed by atoms with Crippen molar-refractivity contribution >= 4 is 16.7 Å². The summed E-state index contributed by atoms with van der Waals surface area (Å²) in [6.45, 7) is 4.06. The van der Waals surface area contributed by atoms with E-state index in [4.69, 9.17) is 4.74 Å². The third-order valence-corrected chi connectivity index (χ3v) is 3.43. The molecule has 2 nitrogen and oxygen atoms in total. The van der Waals surface area contributed by atoms with Crippen LogP contribution >= 0.6 is 0 Å². The largest absolute Gasteiger partial charge is 0.455 e. The standard InChI is InChI=1S/C19H22O2/c1-3-4-5-6-10-15(2)21-19(20)18-14-9-12-16-11-7-8-13-17(16)18/h6-15H,3-5H2,1-2H3/b10-6+. The number of carbonyl (C=O) groups excluding carboxylic acids is 1. The molecule has 0 bridgehead atoms. The van der Waals surface area contributed by atoms with E-state index in [2.05, 4.69) is 13.0 Å². The maximum atomic E-state index is 12.3. The van der Waals surface area contributed by atoms with Crippen LogP contribution in [0.25, 0.3) is 10.8 Å². The summed E-state index contributed by atoms with van der Waals surface area (Å²) in [6, 6.07) is 13.6. The van der Waals surface area contributed by atoms with Crippen molar-refractivity contribution in [3.8, 4) is 0 Å². The second kappa shape index (κ2) is 7.63. The summed E-state index contributed by atoms with van der Waals surface area (Å²) in [5, 5.41) is 1.99. The first-order valence-electron chi connectivity index (χ1n) is 7.57. The Kier molecular flexibility index (Phi) is 5.56. The fraction of sp³-hybridized carbons (Fsp3) is 0.316. The van der Waals surface area contributed by atoms with E-state index in [-0.39, 0.29) is 12.1 Å². The molecule has 0 aliphatic carbocycles. The zero-order valence-corrected chi connectivity index (χ0v) is 12.7. The van der Waals surface area contributed by atoms with Crippen molar-refractivity contribution in [2.45, 2.75) is 39.2 Å². The Balaban J connectivity index is 2.07. The van der Waals surface area contributed by atoms with Gasteiger partial charge in [0.15, 0.2) is 0 Å². The van der Waals surface area contributed by atoms with Gasteiger partial charge in [0.05, 0.1) is 5.56 Å². The molecule has 0 radical (unpaired) electrons. The summed E-state index contributed by atoms with van der Waals surface area (Å²) in [5.41, 5.74) is 0.627. The lowest BCUT2D eigenvalue weighted by Gasteiger charge is -2.11. The number of allylic oxidation sites excluding steroid dienone is 1. The molecule has 0 spiro atoms. The highest BCUT2D eigenvalue weighted by Crippen LogP contribution is 2.19. The van der Waals surface area contributed by atoms with Gasteiger partial charge in [-0.2, -0.15) is 0 Å². The molecule has 0 aromatic heterocycles. The van der Waals surface area contributed by atoms with E-state index >= 15 is 0 Å². The molecule has 2 heteroatoms. The minimum atomic E-state index is -0.264. The Bertz CT molecular complexity index is 623. The minimum Gasteiger partial charge on any atom is -0.455 e. The lowest BCUT2D eigenvalue weighted by molar-refractivity contribution is 0.0426. The SMILES string of the molecule is CCCC/C=C/C(C)OC(=O)c1cccc2ccccc12. The smallest absolute Gasteiger partial charge is 0.339 e. The number of unbranched alkanes of at least 4 members (excludes halogenated alkanes) is 2. The maximum Gasteiger partial charge on any atom is 0.339 e. The van der Waals surface area contributed by atoms with E-state index < -0.39 is 0 Å². The fourth-order valence-electron chi connectivity index (χ4n) is 2.28. The maximum absolute atomic E-state index is 12.3. The van der Waals surface area contributed by atoms with Gasteiger partial charge in [0, 0.05) is 0 Å². The van der Waals surface area contributed by atoms with E-state index in [0.29, 0.717) is 5.56 Å². The first-order chi connectivity index (χ1) is 10.2. The predicted octanol–water partition coefficient (Wildman–Crippen LogP) is 5.13. The molecule has 0 saturated heterocycles. The van der Waals surface area contributed by atoms with Crippen molar-refractivity contribution in [2.24, 2.45) is 0 Å². The van der Waals surface area contributed by atoms with Gasteiger partial charge in [0.2, 0.25) is 0 Å². The predicted molar refractivity (Wildman–Crippen MR) is 87.5 cm³/mol. The second-order valence-electron chi connectivity index (χ2n) is 5.21. The average Bonchev–Trinajstić information content (AvgIpc) is 2.51. The highest BCUT2D eigenvalue weighted by atomic mass is 16.5. The molecule has 21 heavy (non-hydrogen) atoms. The Morgan fingerprint density at radius 3 is 2.76 bits per heavy atom. The minimum absolute atomic E-state index is 0.201. The molecule has 0 heterocycles. The Morgan fingerprint density at radius 2 is 1.95 bits per heavy atom. The lowest BCUT2D eigenvalue weighted by atomic mass is 10.0. The second-order valence-corrected chi connectivity index (χ2v) is 5.21. The van der Waals surface area contributed by atoms with Crippen molar-refractivity contribution in [3.05, 3.63) is 60.2 Å². The number of esters is 1. The van der Waals surface area contributed by atoms with Gasteiger partial charge in [-0.15, -0.1) is 0 Å². The number of fused-ring (bicyclic) bond motifs is 1. The number of benzene rings is 2. The van der Waals surface area contributed by atoms with E-state index in [1.807, 2.05) is 55.5 Å². The normalized spacial score (nSPS) is 12.7.